The summed E-state index contributed by atoms with van der Waals surface area (Å²) in [7, 11) is 1.90. The molecule has 2 aromatic rings. The lowest BCUT2D eigenvalue weighted by molar-refractivity contribution is -0.885. The van der Waals surface area contributed by atoms with E-state index in [4.69, 9.17) is 4.74 Å². The first-order valence-electron chi connectivity index (χ1n) is 8.92. The van der Waals surface area contributed by atoms with Crippen LogP contribution in [0.15, 0.2) is 61.2 Å². The van der Waals surface area contributed by atoms with Crippen LogP contribution in [0.5, 0.6) is 5.75 Å². The Morgan fingerprint density at radius 2 is 1.79 bits per heavy atom. The van der Waals surface area contributed by atoms with Crippen molar-refractivity contribution in [3.05, 3.63) is 72.6 Å². The van der Waals surface area contributed by atoms with Crippen molar-refractivity contribution >= 4 is 17.5 Å². The summed E-state index contributed by atoms with van der Waals surface area (Å²) in [4.78, 5) is 24.9. The maximum atomic E-state index is 12.8. The van der Waals surface area contributed by atoms with Gasteiger partial charge in [0.15, 0.2) is 6.54 Å². The zero-order valence-corrected chi connectivity index (χ0v) is 15.8. The summed E-state index contributed by atoms with van der Waals surface area (Å²) in [5.41, 5.74) is 1.55. The number of rotatable bonds is 10. The minimum atomic E-state index is -0.378. The third kappa shape index (κ3) is 7.59. The van der Waals surface area contributed by atoms with Gasteiger partial charge in [-0.3, -0.25) is 9.59 Å². The molecular weight excluding hydrogens is 361 g/mol. The van der Waals surface area contributed by atoms with Crippen molar-refractivity contribution in [3.63, 3.8) is 0 Å². The molecule has 0 aliphatic heterocycles. The molecule has 28 heavy (non-hydrogen) atoms. The first-order valence-corrected chi connectivity index (χ1v) is 8.92. The highest BCUT2D eigenvalue weighted by Crippen LogP contribution is 2.11. The van der Waals surface area contributed by atoms with E-state index in [0.29, 0.717) is 18.8 Å². The van der Waals surface area contributed by atoms with Crippen molar-refractivity contribution in [2.45, 2.75) is 6.54 Å². The summed E-state index contributed by atoms with van der Waals surface area (Å²) in [6.07, 6.45) is 1.68. The second-order valence-corrected chi connectivity index (χ2v) is 6.39. The zero-order chi connectivity index (χ0) is 20.4. The fourth-order valence-corrected chi connectivity index (χ4v) is 2.52. The molecule has 7 heteroatoms. The summed E-state index contributed by atoms with van der Waals surface area (Å²) in [6, 6.07) is 13.1. The van der Waals surface area contributed by atoms with E-state index in [-0.39, 0.29) is 30.7 Å². The standard InChI is InChI=1S/C21H24FN3O3/c1-3-12-28-19-10-4-16(5-11-19)14-25(2)15-21(27)23-13-20(26)24-18-8-6-17(22)7-9-18/h3-11H,1,12-15H2,2H3,(H,23,27)(H,24,26)/p+1. The third-order valence-electron chi connectivity index (χ3n) is 3.83. The van der Waals surface area contributed by atoms with Crippen molar-refractivity contribution in [1.82, 2.24) is 5.32 Å². The number of nitrogens with one attached hydrogen (secondary N) is 3. The van der Waals surface area contributed by atoms with Gasteiger partial charge in [-0.15, -0.1) is 0 Å². The molecule has 3 N–H and O–H groups in total. The van der Waals surface area contributed by atoms with E-state index in [9.17, 15) is 14.0 Å². The summed E-state index contributed by atoms with van der Waals surface area (Å²) < 4.78 is 18.3. The van der Waals surface area contributed by atoms with Crippen molar-refractivity contribution in [3.8, 4) is 5.75 Å². The van der Waals surface area contributed by atoms with E-state index in [1.165, 1.54) is 24.3 Å². The topological polar surface area (TPSA) is 71.9 Å². The molecule has 0 spiro atoms. The molecule has 0 saturated heterocycles. The van der Waals surface area contributed by atoms with E-state index < -0.39 is 0 Å². The van der Waals surface area contributed by atoms with Gasteiger partial charge in [-0.25, -0.2) is 4.39 Å². The number of benzene rings is 2. The molecule has 2 amide bonds. The Balaban J connectivity index is 1.70. The van der Waals surface area contributed by atoms with Crippen LogP contribution < -0.4 is 20.3 Å². The number of ether oxygens (including phenoxy) is 1. The zero-order valence-electron chi connectivity index (χ0n) is 15.8. The van der Waals surface area contributed by atoms with Gasteiger partial charge in [0.1, 0.15) is 24.7 Å². The van der Waals surface area contributed by atoms with E-state index in [0.717, 1.165) is 16.2 Å². The maximum Gasteiger partial charge on any atom is 0.275 e. The third-order valence-corrected chi connectivity index (χ3v) is 3.83. The van der Waals surface area contributed by atoms with Crippen LogP contribution in [0, 0.1) is 5.82 Å². The number of carbonyl (C=O) groups is 2. The van der Waals surface area contributed by atoms with Gasteiger partial charge in [0.2, 0.25) is 5.91 Å². The Hall–Kier alpha value is -3.19. The molecule has 0 saturated carbocycles. The largest absolute Gasteiger partial charge is 0.490 e. The van der Waals surface area contributed by atoms with Gasteiger partial charge in [0, 0.05) is 11.3 Å². The lowest BCUT2D eigenvalue weighted by Crippen LogP contribution is -3.08. The van der Waals surface area contributed by atoms with Crippen molar-refractivity contribution < 1.29 is 23.6 Å². The van der Waals surface area contributed by atoms with E-state index >= 15 is 0 Å². The highest BCUT2D eigenvalue weighted by Gasteiger charge is 2.12. The first-order chi connectivity index (χ1) is 13.5. The van der Waals surface area contributed by atoms with Crippen LogP contribution in [-0.2, 0) is 16.1 Å². The fourth-order valence-electron chi connectivity index (χ4n) is 2.52. The predicted octanol–water partition coefficient (Wildman–Crippen LogP) is 1.16. The fraction of sp³-hybridized carbons (Fsp3) is 0.238. The van der Waals surface area contributed by atoms with Crippen LogP contribution in [0.3, 0.4) is 0 Å². The average molecular weight is 386 g/mol. The van der Waals surface area contributed by atoms with Gasteiger partial charge in [0.05, 0.1) is 13.6 Å². The summed E-state index contributed by atoms with van der Waals surface area (Å²) in [6.45, 7) is 4.82. The molecule has 0 aliphatic rings. The van der Waals surface area contributed by atoms with Gasteiger partial charge in [-0.05, 0) is 48.5 Å². The minimum absolute atomic E-state index is 0.140. The Labute approximate surface area is 164 Å². The van der Waals surface area contributed by atoms with Crippen molar-refractivity contribution in [2.75, 3.05) is 32.1 Å². The summed E-state index contributed by atoms with van der Waals surface area (Å²) in [5.74, 6) is -0.201. The van der Waals surface area contributed by atoms with Crippen LogP contribution >= 0.6 is 0 Å². The van der Waals surface area contributed by atoms with Crippen LogP contribution in [0.2, 0.25) is 0 Å². The van der Waals surface area contributed by atoms with Crippen LogP contribution in [-0.4, -0.2) is 38.6 Å². The van der Waals surface area contributed by atoms with Gasteiger partial charge in [-0.2, -0.15) is 0 Å². The molecule has 0 bridgehead atoms. The highest BCUT2D eigenvalue weighted by atomic mass is 19.1. The molecule has 0 radical (unpaired) electrons. The number of carbonyl (C=O) groups excluding carboxylic acids is 2. The Kier molecular flexibility index (Phi) is 8.17. The SMILES string of the molecule is C=CCOc1ccc(C[NH+](C)CC(=O)NCC(=O)Nc2ccc(F)cc2)cc1. The lowest BCUT2D eigenvalue weighted by atomic mass is 10.2. The van der Waals surface area contributed by atoms with E-state index in [1.54, 1.807) is 6.08 Å². The van der Waals surface area contributed by atoms with E-state index in [2.05, 4.69) is 17.2 Å². The molecule has 0 aromatic heterocycles. The van der Waals surface area contributed by atoms with Gasteiger partial charge in [-0.1, -0.05) is 12.7 Å². The second kappa shape index (κ2) is 10.8. The molecule has 6 nitrogen and oxygen atoms in total. The number of halogens is 1. The number of likely N-dealkylation sites (N-methyl/N-ethyl adjacent to an activating group) is 1. The van der Waals surface area contributed by atoms with Crippen LogP contribution in [0.1, 0.15) is 5.56 Å². The first kappa shape index (κ1) is 21.1. The average Bonchev–Trinajstić information content (AvgIpc) is 2.67. The maximum absolute atomic E-state index is 12.8. The lowest BCUT2D eigenvalue weighted by Gasteiger charge is -2.14. The Morgan fingerprint density at radius 1 is 1.11 bits per heavy atom. The molecule has 148 valence electrons. The smallest absolute Gasteiger partial charge is 0.275 e. The van der Waals surface area contributed by atoms with E-state index in [1.807, 2.05) is 31.3 Å². The second-order valence-electron chi connectivity index (χ2n) is 6.39. The monoisotopic (exact) mass is 386 g/mol. The Bertz CT molecular complexity index is 792. The normalized spacial score (nSPS) is 11.4. The van der Waals surface area contributed by atoms with Crippen LogP contribution in [0.25, 0.3) is 0 Å². The molecule has 1 unspecified atom stereocenters. The summed E-state index contributed by atoms with van der Waals surface area (Å²) in [5, 5.41) is 5.18. The minimum Gasteiger partial charge on any atom is -0.490 e. The molecular formula is C21H25FN3O3+. The highest BCUT2D eigenvalue weighted by molar-refractivity contribution is 5.94. The number of amides is 2. The van der Waals surface area contributed by atoms with Gasteiger partial charge < -0.3 is 20.3 Å². The van der Waals surface area contributed by atoms with Crippen molar-refractivity contribution in [1.29, 1.82) is 0 Å². The summed E-state index contributed by atoms with van der Waals surface area (Å²) >= 11 is 0. The number of quaternary nitrogens is 1. The number of anilines is 1. The Morgan fingerprint density at radius 3 is 2.43 bits per heavy atom. The number of hydrogen-bond donors (Lipinski definition) is 3. The predicted molar refractivity (Wildman–Crippen MR) is 106 cm³/mol. The molecule has 1 atom stereocenters. The molecule has 0 heterocycles. The van der Waals surface area contributed by atoms with Gasteiger partial charge in [0.25, 0.3) is 5.91 Å². The quantitative estimate of drug-likeness (QED) is 0.537. The molecule has 2 rings (SSSR count). The van der Waals surface area contributed by atoms with Crippen LogP contribution in [0.4, 0.5) is 10.1 Å². The van der Waals surface area contributed by atoms with Gasteiger partial charge >= 0.3 is 0 Å². The molecule has 2 aromatic carbocycles. The molecule has 0 aliphatic carbocycles. The molecule has 0 fully saturated rings. The number of hydrogen-bond acceptors (Lipinski definition) is 3. The van der Waals surface area contributed by atoms with Crippen molar-refractivity contribution in [2.24, 2.45) is 0 Å².